The zero-order valence-electron chi connectivity index (χ0n) is 19.6. The van der Waals surface area contributed by atoms with Crippen LogP contribution in [0.4, 0.5) is 35.0 Å². The van der Waals surface area contributed by atoms with E-state index in [4.69, 9.17) is 16.9 Å². The van der Waals surface area contributed by atoms with Crippen molar-refractivity contribution in [3.63, 3.8) is 0 Å². The second-order valence-corrected chi connectivity index (χ2v) is 8.48. The Kier molecular flexibility index (Phi) is 7.36. The maximum Gasteiger partial charge on any atom is 0.433 e. The van der Waals surface area contributed by atoms with E-state index < -0.39 is 23.8 Å². The number of aromatic nitrogens is 2. The summed E-state index contributed by atoms with van der Waals surface area (Å²) in [4.78, 5) is 25.4. The number of nitrogens with one attached hydrogen (secondary N) is 3. The second-order valence-electron chi connectivity index (χ2n) is 8.05. The van der Waals surface area contributed by atoms with Crippen LogP contribution in [0.3, 0.4) is 0 Å². The van der Waals surface area contributed by atoms with Crippen molar-refractivity contribution in [1.29, 1.82) is 5.26 Å². The van der Waals surface area contributed by atoms with Gasteiger partial charge in [-0.15, -0.1) is 0 Å². The monoisotopic (exact) mass is 538 g/mol. The molecule has 3 aromatic carbocycles. The van der Waals surface area contributed by atoms with Crippen LogP contribution in [-0.2, 0) is 6.18 Å². The van der Waals surface area contributed by atoms with Gasteiger partial charge in [0.05, 0.1) is 28.7 Å². The third kappa shape index (κ3) is 6.11. The molecule has 4 aromatic rings. The highest BCUT2D eigenvalue weighted by Gasteiger charge is 2.36. The van der Waals surface area contributed by atoms with Gasteiger partial charge in [-0.2, -0.15) is 23.5 Å². The van der Waals surface area contributed by atoms with Crippen molar-refractivity contribution < 1.29 is 22.8 Å². The molecule has 38 heavy (non-hydrogen) atoms. The van der Waals surface area contributed by atoms with E-state index in [1.165, 1.54) is 55.5 Å². The summed E-state index contributed by atoms with van der Waals surface area (Å²) >= 11 is 5.86. The van der Waals surface area contributed by atoms with E-state index in [-0.39, 0.29) is 22.8 Å². The molecule has 0 spiro atoms. The Hall–Kier alpha value is -4.82. The number of nitriles is 1. The topological polar surface area (TPSA) is 112 Å². The molecule has 0 unspecified atom stereocenters. The zero-order chi connectivity index (χ0) is 27.4. The van der Waals surface area contributed by atoms with E-state index in [9.17, 15) is 22.8 Å². The average molecular weight is 539 g/mol. The summed E-state index contributed by atoms with van der Waals surface area (Å²) in [7, 11) is 0. The number of carbonyl (C=O) groups is 2. The van der Waals surface area contributed by atoms with E-state index >= 15 is 0 Å². The molecule has 0 saturated carbocycles. The first-order chi connectivity index (χ1) is 18.0. The summed E-state index contributed by atoms with van der Waals surface area (Å²) in [6, 6.07) is 18.2. The highest BCUT2D eigenvalue weighted by molar-refractivity contribution is 6.30. The predicted octanol–water partition coefficient (Wildman–Crippen LogP) is 6.62. The van der Waals surface area contributed by atoms with Gasteiger partial charge in [0.15, 0.2) is 0 Å². The van der Waals surface area contributed by atoms with Gasteiger partial charge < -0.3 is 16.0 Å². The van der Waals surface area contributed by atoms with E-state index in [0.717, 1.165) is 6.07 Å². The first-order valence-corrected chi connectivity index (χ1v) is 11.3. The number of alkyl halides is 3. The van der Waals surface area contributed by atoms with E-state index in [1.807, 2.05) is 6.07 Å². The van der Waals surface area contributed by atoms with Gasteiger partial charge in [0.2, 0.25) is 0 Å². The molecule has 8 nitrogen and oxygen atoms in total. The smallest absolute Gasteiger partial charge is 0.322 e. The fourth-order valence-electron chi connectivity index (χ4n) is 3.54. The number of carbonyl (C=O) groups excluding carboxylic acids is 2. The van der Waals surface area contributed by atoms with Crippen molar-refractivity contribution in [2.24, 2.45) is 0 Å². The van der Waals surface area contributed by atoms with Crippen LogP contribution in [0.2, 0.25) is 5.02 Å². The summed E-state index contributed by atoms with van der Waals surface area (Å²) in [5.74, 6) is -0.496. The molecule has 0 aliphatic carbocycles. The normalized spacial score (nSPS) is 10.9. The average Bonchev–Trinajstić information content (AvgIpc) is 3.26. The maximum absolute atomic E-state index is 13.7. The fraction of sp³-hybridized carbons (Fsp3) is 0.0769. The highest BCUT2D eigenvalue weighted by atomic mass is 35.5. The van der Waals surface area contributed by atoms with Crippen LogP contribution in [0.5, 0.6) is 0 Å². The molecule has 0 aliphatic heterocycles. The minimum Gasteiger partial charge on any atom is -0.322 e. The molecule has 1 heterocycles. The van der Waals surface area contributed by atoms with Gasteiger partial charge in [0, 0.05) is 22.0 Å². The van der Waals surface area contributed by atoms with Crippen molar-refractivity contribution in [3.05, 3.63) is 100 Å². The van der Waals surface area contributed by atoms with Crippen molar-refractivity contribution in [3.8, 4) is 11.8 Å². The molecule has 3 N–H and O–H groups in total. The number of amides is 3. The van der Waals surface area contributed by atoms with Crippen molar-refractivity contribution in [2.45, 2.75) is 13.1 Å². The Balaban J connectivity index is 1.70. The Morgan fingerprint density at radius 2 is 1.66 bits per heavy atom. The number of benzene rings is 3. The lowest BCUT2D eigenvalue weighted by Gasteiger charge is -2.17. The molecule has 0 aliphatic rings. The fourth-order valence-corrected chi connectivity index (χ4v) is 3.67. The standard InChI is InChI=1S/C26H18ClF3N6O2/c1-15-11-23(26(28,29)30)36(35-15)22-10-9-20(32-24(37)17-5-7-18(27)8-6-17)13-21(22)34-25(38)33-19-4-2-3-16(12-19)14-31/h2-13H,1H3,(H,32,37)(H2,33,34,38). The molecule has 12 heteroatoms. The third-order valence-electron chi connectivity index (χ3n) is 5.21. The Morgan fingerprint density at radius 1 is 0.947 bits per heavy atom. The second kappa shape index (κ2) is 10.7. The van der Waals surface area contributed by atoms with Crippen molar-refractivity contribution >= 4 is 40.6 Å². The molecular formula is C26H18ClF3N6O2. The first kappa shape index (κ1) is 26.2. The van der Waals surface area contributed by atoms with Gasteiger partial charge in [-0.25, -0.2) is 9.48 Å². The van der Waals surface area contributed by atoms with Crippen LogP contribution in [0.15, 0.2) is 72.8 Å². The minimum absolute atomic E-state index is 0.0681. The molecule has 1 aromatic heterocycles. The number of halogens is 4. The van der Waals surface area contributed by atoms with Crippen molar-refractivity contribution in [1.82, 2.24) is 9.78 Å². The van der Waals surface area contributed by atoms with E-state index in [2.05, 4.69) is 21.0 Å². The van der Waals surface area contributed by atoms with E-state index in [0.29, 0.717) is 26.5 Å². The van der Waals surface area contributed by atoms with Gasteiger partial charge in [-0.05, 0) is 73.7 Å². The number of hydrogen-bond acceptors (Lipinski definition) is 4. The number of rotatable bonds is 5. The summed E-state index contributed by atoms with van der Waals surface area (Å²) in [6.07, 6.45) is -4.72. The lowest BCUT2D eigenvalue weighted by Crippen LogP contribution is -2.22. The van der Waals surface area contributed by atoms with Gasteiger partial charge in [-0.3, -0.25) is 4.79 Å². The summed E-state index contributed by atoms with van der Waals surface area (Å²) in [5.41, 5.74) is 0.00750. The number of nitrogens with zero attached hydrogens (tertiary/aromatic N) is 3. The molecule has 192 valence electrons. The van der Waals surface area contributed by atoms with Crippen LogP contribution in [0, 0.1) is 18.3 Å². The van der Waals surface area contributed by atoms with Gasteiger partial charge in [0.1, 0.15) is 5.69 Å². The molecule has 0 atom stereocenters. The van der Waals surface area contributed by atoms with Crippen LogP contribution >= 0.6 is 11.6 Å². The molecule has 3 amide bonds. The number of aryl methyl sites for hydroxylation is 1. The van der Waals surface area contributed by atoms with Gasteiger partial charge >= 0.3 is 12.2 Å². The Morgan fingerprint density at radius 3 is 2.34 bits per heavy atom. The van der Waals surface area contributed by atoms with Crippen LogP contribution in [-0.4, -0.2) is 21.7 Å². The van der Waals surface area contributed by atoms with Gasteiger partial charge in [0.25, 0.3) is 5.91 Å². The number of hydrogen-bond donors (Lipinski definition) is 3. The largest absolute Gasteiger partial charge is 0.433 e. The molecule has 0 radical (unpaired) electrons. The SMILES string of the molecule is Cc1cc(C(F)(F)F)n(-c2ccc(NC(=O)c3ccc(Cl)cc3)cc2NC(=O)Nc2cccc(C#N)c2)n1. The Bertz CT molecular complexity index is 1560. The summed E-state index contributed by atoms with van der Waals surface area (Å²) < 4.78 is 41.8. The third-order valence-corrected chi connectivity index (χ3v) is 5.46. The van der Waals surface area contributed by atoms with E-state index in [1.54, 1.807) is 18.2 Å². The first-order valence-electron chi connectivity index (χ1n) is 11.0. The van der Waals surface area contributed by atoms with Gasteiger partial charge in [-0.1, -0.05) is 17.7 Å². The quantitative estimate of drug-likeness (QED) is 0.265. The maximum atomic E-state index is 13.7. The number of urea groups is 1. The van der Waals surface area contributed by atoms with Crippen LogP contribution in [0.1, 0.15) is 27.3 Å². The molecule has 0 bridgehead atoms. The Labute approximate surface area is 219 Å². The highest BCUT2D eigenvalue weighted by Crippen LogP contribution is 2.34. The molecular weight excluding hydrogens is 521 g/mol. The van der Waals surface area contributed by atoms with Crippen LogP contribution < -0.4 is 16.0 Å². The lowest BCUT2D eigenvalue weighted by atomic mass is 10.2. The molecule has 4 rings (SSSR count). The lowest BCUT2D eigenvalue weighted by molar-refractivity contribution is -0.142. The number of anilines is 3. The minimum atomic E-state index is -4.72. The zero-order valence-corrected chi connectivity index (χ0v) is 20.4. The molecule has 0 fully saturated rings. The van der Waals surface area contributed by atoms with Crippen molar-refractivity contribution in [2.75, 3.05) is 16.0 Å². The molecule has 0 saturated heterocycles. The summed E-state index contributed by atoms with van der Waals surface area (Å²) in [6.45, 7) is 1.41. The predicted molar refractivity (Wildman–Crippen MR) is 137 cm³/mol. The summed E-state index contributed by atoms with van der Waals surface area (Å²) in [5, 5.41) is 21.2. The van der Waals surface area contributed by atoms with Crippen LogP contribution in [0.25, 0.3) is 5.69 Å².